The van der Waals surface area contributed by atoms with Crippen LogP contribution in [-0.4, -0.2) is 15.2 Å². The Balaban J connectivity index is 1.90. The molecule has 0 spiro atoms. The van der Waals surface area contributed by atoms with Crippen molar-refractivity contribution in [1.29, 1.82) is 0 Å². The van der Waals surface area contributed by atoms with Crippen molar-refractivity contribution in [2.45, 2.75) is 13.3 Å². The van der Waals surface area contributed by atoms with Crippen LogP contribution in [0.2, 0.25) is 5.02 Å². The highest BCUT2D eigenvalue weighted by Crippen LogP contribution is 2.30. The van der Waals surface area contributed by atoms with Crippen LogP contribution in [0, 0.1) is 6.92 Å². The molecule has 1 N–H and O–H groups in total. The van der Waals surface area contributed by atoms with E-state index in [-0.39, 0.29) is 5.75 Å². The zero-order valence-corrected chi connectivity index (χ0v) is 12.1. The largest absolute Gasteiger partial charge is 0.508 e. The van der Waals surface area contributed by atoms with Crippen molar-refractivity contribution in [1.82, 2.24) is 10.1 Å². The number of phenols is 1. The molecule has 21 heavy (non-hydrogen) atoms. The topological polar surface area (TPSA) is 59.2 Å². The second-order valence-electron chi connectivity index (χ2n) is 4.78. The average Bonchev–Trinajstić information content (AvgIpc) is 2.92. The maximum atomic E-state index is 9.53. The fourth-order valence-corrected chi connectivity index (χ4v) is 2.29. The molecule has 0 unspecified atom stereocenters. The van der Waals surface area contributed by atoms with Crippen LogP contribution < -0.4 is 0 Å². The van der Waals surface area contributed by atoms with E-state index in [1.165, 1.54) is 17.7 Å². The Hall–Kier alpha value is -2.33. The molecule has 0 amide bonds. The van der Waals surface area contributed by atoms with Gasteiger partial charge in [0.25, 0.3) is 5.89 Å². The molecule has 0 bridgehead atoms. The standard InChI is InChI=1S/C16H13ClN2O2/c1-10-4-2-3-5-11(10)8-15-18-16(21-19-15)13-9-12(20)6-7-14(13)17/h2-7,9,20H,8H2,1H3. The summed E-state index contributed by atoms with van der Waals surface area (Å²) < 4.78 is 5.24. The molecule has 1 aromatic heterocycles. The molecule has 0 atom stereocenters. The first-order valence-corrected chi connectivity index (χ1v) is 6.87. The minimum absolute atomic E-state index is 0.105. The van der Waals surface area contributed by atoms with Crippen molar-refractivity contribution >= 4 is 11.6 Å². The molecule has 0 saturated carbocycles. The summed E-state index contributed by atoms with van der Waals surface area (Å²) in [5.41, 5.74) is 2.85. The normalized spacial score (nSPS) is 10.8. The third-order valence-corrected chi connectivity index (χ3v) is 3.59. The molecule has 1 heterocycles. The second kappa shape index (κ2) is 5.58. The zero-order valence-electron chi connectivity index (χ0n) is 11.4. The van der Waals surface area contributed by atoms with E-state index in [0.29, 0.717) is 28.7 Å². The second-order valence-corrected chi connectivity index (χ2v) is 5.19. The van der Waals surface area contributed by atoms with Gasteiger partial charge in [0.2, 0.25) is 0 Å². The van der Waals surface area contributed by atoms with Crippen molar-refractivity contribution in [3.63, 3.8) is 0 Å². The van der Waals surface area contributed by atoms with Crippen LogP contribution in [0.4, 0.5) is 0 Å². The number of hydrogen-bond acceptors (Lipinski definition) is 4. The molecule has 0 saturated heterocycles. The van der Waals surface area contributed by atoms with Gasteiger partial charge in [0.05, 0.1) is 10.6 Å². The number of phenolic OH excluding ortho intramolecular Hbond substituents is 1. The SMILES string of the molecule is Cc1ccccc1Cc1noc(-c2cc(O)ccc2Cl)n1. The number of rotatable bonds is 3. The van der Waals surface area contributed by atoms with Gasteiger partial charge in [0.1, 0.15) is 5.75 Å². The van der Waals surface area contributed by atoms with Gasteiger partial charge in [0.15, 0.2) is 5.82 Å². The van der Waals surface area contributed by atoms with Crippen molar-refractivity contribution in [2.75, 3.05) is 0 Å². The lowest BCUT2D eigenvalue weighted by atomic mass is 10.1. The van der Waals surface area contributed by atoms with E-state index in [2.05, 4.69) is 10.1 Å². The van der Waals surface area contributed by atoms with E-state index < -0.39 is 0 Å². The highest BCUT2D eigenvalue weighted by molar-refractivity contribution is 6.33. The molecule has 106 valence electrons. The Bertz CT molecular complexity index is 783. The van der Waals surface area contributed by atoms with Crippen LogP contribution >= 0.6 is 11.6 Å². The molecule has 2 aromatic carbocycles. The van der Waals surface area contributed by atoms with Crippen LogP contribution in [-0.2, 0) is 6.42 Å². The summed E-state index contributed by atoms with van der Waals surface area (Å²) in [6.45, 7) is 2.04. The molecule has 3 rings (SSSR count). The Morgan fingerprint density at radius 1 is 1.19 bits per heavy atom. The van der Waals surface area contributed by atoms with E-state index >= 15 is 0 Å². The fourth-order valence-electron chi connectivity index (χ4n) is 2.09. The van der Waals surface area contributed by atoms with Crippen LogP contribution in [0.3, 0.4) is 0 Å². The summed E-state index contributed by atoms with van der Waals surface area (Å²) in [5.74, 6) is 0.992. The van der Waals surface area contributed by atoms with Gasteiger partial charge in [-0.2, -0.15) is 4.98 Å². The molecule has 4 nitrogen and oxygen atoms in total. The van der Waals surface area contributed by atoms with Gasteiger partial charge in [-0.25, -0.2) is 0 Å². The molecule has 0 aliphatic heterocycles. The molecule has 3 aromatic rings. The van der Waals surface area contributed by atoms with Gasteiger partial charge in [0, 0.05) is 6.42 Å². The van der Waals surface area contributed by atoms with Crippen LogP contribution in [0.25, 0.3) is 11.5 Å². The van der Waals surface area contributed by atoms with E-state index in [0.717, 1.165) is 5.56 Å². The number of aromatic hydroxyl groups is 1. The van der Waals surface area contributed by atoms with Crippen LogP contribution in [0.1, 0.15) is 17.0 Å². The molecule has 0 aliphatic rings. The number of hydrogen-bond donors (Lipinski definition) is 1. The Kier molecular flexibility index (Phi) is 3.62. The quantitative estimate of drug-likeness (QED) is 0.794. The first-order chi connectivity index (χ1) is 10.1. The van der Waals surface area contributed by atoms with Gasteiger partial charge in [-0.15, -0.1) is 0 Å². The van der Waals surface area contributed by atoms with Crippen molar-refractivity contribution in [3.8, 4) is 17.2 Å². The highest BCUT2D eigenvalue weighted by Gasteiger charge is 2.13. The molecule has 0 fully saturated rings. The monoisotopic (exact) mass is 300 g/mol. The summed E-state index contributed by atoms with van der Waals surface area (Å²) in [7, 11) is 0. The summed E-state index contributed by atoms with van der Waals surface area (Å²) in [6, 6.07) is 12.7. The minimum atomic E-state index is 0.105. The lowest BCUT2D eigenvalue weighted by Gasteiger charge is -2.01. The Labute approximate surface area is 127 Å². The first-order valence-electron chi connectivity index (χ1n) is 6.49. The number of nitrogens with zero attached hydrogens (tertiary/aromatic N) is 2. The third-order valence-electron chi connectivity index (χ3n) is 3.26. The summed E-state index contributed by atoms with van der Waals surface area (Å²) in [6.07, 6.45) is 0.590. The predicted molar refractivity (Wildman–Crippen MR) is 80.4 cm³/mol. The molecule has 5 heteroatoms. The predicted octanol–water partition coefficient (Wildman–Crippen LogP) is 3.99. The number of aromatic nitrogens is 2. The smallest absolute Gasteiger partial charge is 0.259 e. The molecule has 0 radical (unpaired) electrons. The van der Waals surface area contributed by atoms with E-state index in [1.807, 2.05) is 31.2 Å². The summed E-state index contributed by atoms with van der Waals surface area (Å²) in [4.78, 5) is 4.35. The Morgan fingerprint density at radius 2 is 2.00 bits per heavy atom. The Morgan fingerprint density at radius 3 is 2.81 bits per heavy atom. The maximum Gasteiger partial charge on any atom is 0.259 e. The number of benzene rings is 2. The zero-order chi connectivity index (χ0) is 14.8. The van der Waals surface area contributed by atoms with Crippen LogP contribution in [0.15, 0.2) is 47.0 Å². The molecular formula is C16H13ClN2O2. The number of aryl methyl sites for hydroxylation is 1. The van der Waals surface area contributed by atoms with Crippen molar-refractivity contribution < 1.29 is 9.63 Å². The lowest BCUT2D eigenvalue weighted by molar-refractivity contribution is 0.423. The van der Waals surface area contributed by atoms with E-state index in [1.54, 1.807) is 6.07 Å². The third kappa shape index (κ3) is 2.90. The maximum absolute atomic E-state index is 9.53. The van der Waals surface area contributed by atoms with Gasteiger partial charge < -0.3 is 9.63 Å². The summed E-state index contributed by atoms with van der Waals surface area (Å²) in [5, 5.41) is 14.0. The van der Waals surface area contributed by atoms with Gasteiger partial charge in [-0.1, -0.05) is 41.0 Å². The van der Waals surface area contributed by atoms with Crippen LogP contribution in [0.5, 0.6) is 5.75 Å². The molecular weight excluding hydrogens is 288 g/mol. The summed E-state index contributed by atoms with van der Waals surface area (Å²) >= 11 is 6.09. The average molecular weight is 301 g/mol. The fraction of sp³-hybridized carbons (Fsp3) is 0.125. The van der Waals surface area contributed by atoms with Gasteiger partial charge >= 0.3 is 0 Å². The van der Waals surface area contributed by atoms with Crippen molar-refractivity contribution in [3.05, 3.63) is 64.4 Å². The van der Waals surface area contributed by atoms with E-state index in [9.17, 15) is 5.11 Å². The van der Waals surface area contributed by atoms with E-state index in [4.69, 9.17) is 16.1 Å². The number of halogens is 1. The lowest BCUT2D eigenvalue weighted by Crippen LogP contribution is -1.93. The van der Waals surface area contributed by atoms with Gasteiger partial charge in [-0.05, 0) is 36.2 Å². The first kappa shape index (κ1) is 13.6. The highest BCUT2D eigenvalue weighted by atomic mass is 35.5. The minimum Gasteiger partial charge on any atom is -0.508 e. The van der Waals surface area contributed by atoms with Gasteiger partial charge in [-0.3, -0.25) is 0 Å². The van der Waals surface area contributed by atoms with Crippen molar-refractivity contribution in [2.24, 2.45) is 0 Å². The molecule has 0 aliphatic carbocycles.